The maximum atomic E-state index is 11.9. The molecule has 0 aromatic carbocycles. The van der Waals surface area contributed by atoms with Crippen molar-refractivity contribution in [3.63, 3.8) is 0 Å². The highest BCUT2D eigenvalue weighted by molar-refractivity contribution is 5.94. The molecule has 4 atom stereocenters. The van der Waals surface area contributed by atoms with E-state index in [0.29, 0.717) is 5.69 Å². The molecule has 94 valence electrons. The minimum Gasteiger partial charge on any atom is -0.415 e. The van der Waals surface area contributed by atoms with Crippen molar-refractivity contribution in [3.05, 3.63) is 24.0 Å². The van der Waals surface area contributed by atoms with E-state index in [9.17, 15) is 14.7 Å². The molecular weight excluding hydrogens is 238 g/mol. The van der Waals surface area contributed by atoms with Crippen molar-refractivity contribution in [1.82, 2.24) is 15.2 Å². The van der Waals surface area contributed by atoms with E-state index in [1.165, 1.54) is 0 Å². The lowest BCUT2D eigenvalue weighted by Gasteiger charge is -2.31. The normalized spacial score (nSPS) is 40.4. The number of hydrogen-bond acceptors (Lipinski definition) is 4. The standard InChI is InChI=1S/C11H11N3O4/c15-9-5-2-1-3-14(5)6-4-11(17)8(7(6)12-9)13-10(16)18-11/h1-3,6-8,17H,4H2,(H,12,15)(H,13,16)/t6-,7-,8+,11-/m1/s1. The van der Waals surface area contributed by atoms with E-state index >= 15 is 0 Å². The van der Waals surface area contributed by atoms with Gasteiger partial charge in [-0.1, -0.05) is 0 Å². The molecule has 0 spiro atoms. The van der Waals surface area contributed by atoms with Crippen LogP contribution in [-0.4, -0.2) is 39.5 Å². The average Bonchev–Trinajstić information content (AvgIpc) is 2.92. The van der Waals surface area contributed by atoms with E-state index in [-0.39, 0.29) is 24.4 Å². The zero-order valence-corrected chi connectivity index (χ0v) is 9.29. The summed E-state index contributed by atoms with van der Waals surface area (Å²) in [6, 6.07) is 2.45. The van der Waals surface area contributed by atoms with Crippen LogP contribution in [0.2, 0.25) is 0 Å². The Labute approximate surface area is 102 Å². The molecule has 1 saturated carbocycles. The van der Waals surface area contributed by atoms with Gasteiger partial charge in [0.15, 0.2) is 0 Å². The Balaban J connectivity index is 1.80. The van der Waals surface area contributed by atoms with Gasteiger partial charge in [-0.3, -0.25) is 4.79 Å². The predicted molar refractivity (Wildman–Crippen MR) is 57.7 cm³/mol. The van der Waals surface area contributed by atoms with Gasteiger partial charge in [-0.15, -0.1) is 0 Å². The topological polar surface area (TPSA) is 92.6 Å². The first-order valence-corrected chi connectivity index (χ1v) is 5.78. The van der Waals surface area contributed by atoms with Crippen LogP contribution in [0.1, 0.15) is 23.0 Å². The Morgan fingerprint density at radius 1 is 1.44 bits per heavy atom. The smallest absolute Gasteiger partial charge is 0.410 e. The second kappa shape index (κ2) is 2.86. The molecule has 18 heavy (non-hydrogen) atoms. The van der Waals surface area contributed by atoms with Crippen molar-refractivity contribution < 1.29 is 19.4 Å². The Bertz CT molecular complexity index is 568. The number of carbonyl (C=O) groups excluding carboxylic acids is 2. The second-order valence-electron chi connectivity index (χ2n) is 4.93. The van der Waals surface area contributed by atoms with Crippen LogP contribution in [0.5, 0.6) is 0 Å². The molecule has 3 N–H and O–H groups in total. The zero-order chi connectivity index (χ0) is 12.5. The summed E-state index contributed by atoms with van der Waals surface area (Å²) < 4.78 is 6.76. The van der Waals surface area contributed by atoms with Gasteiger partial charge in [-0.2, -0.15) is 0 Å². The summed E-state index contributed by atoms with van der Waals surface area (Å²) in [6.45, 7) is 0. The number of nitrogens with one attached hydrogen (secondary N) is 2. The third-order valence-electron chi connectivity index (χ3n) is 3.97. The van der Waals surface area contributed by atoms with Crippen LogP contribution in [-0.2, 0) is 4.74 Å². The number of aliphatic hydroxyl groups is 1. The van der Waals surface area contributed by atoms with Crippen molar-refractivity contribution in [2.45, 2.75) is 30.3 Å². The molecule has 0 radical (unpaired) electrons. The lowest BCUT2D eigenvalue weighted by Crippen LogP contribution is -2.55. The molecule has 0 unspecified atom stereocenters. The van der Waals surface area contributed by atoms with Gasteiger partial charge in [-0.05, 0) is 12.1 Å². The Hall–Kier alpha value is -2.02. The van der Waals surface area contributed by atoms with Crippen LogP contribution in [0, 0.1) is 0 Å². The molecule has 2 fully saturated rings. The van der Waals surface area contributed by atoms with Crippen molar-refractivity contribution in [2.24, 2.45) is 0 Å². The molecule has 3 heterocycles. The SMILES string of the molecule is O=C1N[C@H]2[C@@H]3NC(=O)c4cccn4[C@@H]3C[C@@]2(O)O1. The maximum Gasteiger partial charge on any atom is 0.410 e. The van der Waals surface area contributed by atoms with Gasteiger partial charge in [0.2, 0.25) is 5.79 Å². The predicted octanol–water partition coefficient (Wildman–Crippen LogP) is -0.658. The largest absolute Gasteiger partial charge is 0.415 e. The van der Waals surface area contributed by atoms with Gasteiger partial charge in [0.1, 0.15) is 11.7 Å². The molecule has 2 aliphatic heterocycles. The fourth-order valence-electron chi connectivity index (χ4n) is 3.23. The average molecular weight is 249 g/mol. The van der Waals surface area contributed by atoms with Crippen LogP contribution in [0.25, 0.3) is 0 Å². The third kappa shape index (κ3) is 1.02. The summed E-state index contributed by atoms with van der Waals surface area (Å²) in [5.74, 6) is -1.74. The van der Waals surface area contributed by atoms with Gasteiger partial charge in [0.25, 0.3) is 5.91 Å². The van der Waals surface area contributed by atoms with Crippen LogP contribution in [0.15, 0.2) is 18.3 Å². The fraction of sp³-hybridized carbons (Fsp3) is 0.455. The summed E-state index contributed by atoms with van der Waals surface area (Å²) >= 11 is 0. The summed E-state index contributed by atoms with van der Waals surface area (Å²) in [5, 5.41) is 15.7. The molecule has 0 bridgehead atoms. The molecule has 1 aromatic rings. The van der Waals surface area contributed by atoms with E-state index < -0.39 is 17.9 Å². The van der Waals surface area contributed by atoms with E-state index in [2.05, 4.69) is 10.6 Å². The van der Waals surface area contributed by atoms with Crippen molar-refractivity contribution in [2.75, 3.05) is 0 Å². The lowest BCUT2D eigenvalue weighted by atomic mass is 10.1. The maximum absolute atomic E-state index is 11.9. The summed E-state index contributed by atoms with van der Waals surface area (Å²) in [5.41, 5.74) is 0.561. The van der Waals surface area contributed by atoms with Crippen molar-refractivity contribution in [1.29, 1.82) is 0 Å². The highest BCUT2D eigenvalue weighted by Gasteiger charge is 2.62. The molecular formula is C11H11N3O4. The van der Waals surface area contributed by atoms with Gasteiger partial charge in [0, 0.05) is 12.6 Å². The number of aromatic nitrogens is 1. The minimum absolute atomic E-state index is 0.108. The molecule has 7 nitrogen and oxygen atoms in total. The number of nitrogens with zero attached hydrogens (tertiary/aromatic N) is 1. The van der Waals surface area contributed by atoms with Gasteiger partial charge >= 0.3 is 6.09 Å². The van der Waals surface area contributed by atoms with Crippen LogP contribution in [0.4, 0.5) is 4.79 Å². The van der Waals surface area contributed by atoms with Crippen molar-refractivity contribution >= 4 is 12.0 Å². The van der Waals surface area contributed by atoms with Gasteiger partial charge in [0.05, 0.1) is 12.1 Å². The quantitative estimate of drug-likeness (QED) is 0.569. The monoisotopic (exact) mass is 249 g/mol. The fourth-order valence-corrected chi connectivity index (χ4v) is 3.23. The van der Waals surface area contributed by atoms with Crippen LogP contribution in [0.3, 0.4) is 0 Å². The number of rotatable bonds is 0. The highest BCUT2D eigenvalue weighted by atomic mass is 16.7. The second-order valence-corrected chi connectivity index (χ2v) is 4.93. The summed E-state index contributed by atoms with van der Waals surface area (Å²) in [7, 11) is 0. The molecule has 3 aliphatic rings. The zero-order valence-electron chi connectivity index (χ0n) is 9.29. The first-order valence-electron chi connectivity index (χ1n) is 5.78. The van der Waals surface area contributed by atoms with E-state index in [1.807, 2.05) is 4.57 Å². The highest BCUT2D eigenvalue weighted by Crippen LogP contribution is 2.44. The number of fused-ring (bicyclic) bond motifs is 5. The lowest BCUT2D eigenvalue weighted by molar-refractivity contribution is -0.141. The van der Waals surface area contributed by atoms with E-state index in [0.717, 1.165) is 0 Å². The number of ether oxygens (including phenoxy) is 1. The van der Waals surface area contributed by atoms with E-state index in [4.69, 9.17) is 4.74 Å². The van der Waals surface area contributed by atoms with Gasteiger partial charge < -0.3 is 25.0 Å². The minimum atomic E-state index is -1.54. The first kappa shape index (κ1) is 9.95. The van der Waals surface area contributed by atoms with Crippen molar-refractivity contribution in [3.8, 4) is 0 Å². The molecule has 1 aromatic heterocycles. The summed E-state index contributed by atoms with van der Waals surface area (Å²) in [4.78, 5) is 23.1. The van der Waals surface area contributed by atoms with Crippen LogP contribution >= 0.6 is 0 Å². The van der Waals surface area contributed by atoms with E-state index in [1.54, 1.807) is 18.3 Å². The molecule has 1 saturated heterocycles. The Morgan fingerprint density at radius 2 is 2.28 bits per heavy atom. The summed E-state index contributed by atoms with van der Waals surface area (Å²) in [6.07, 6.45) is 1.43. The first-order chi connectivity index (χ1) is 8.58. The molecule has 2 amide bonds. The van der Waals surface area contributed by atoms with Crippen LogP contribution < -0.4 is 10.6 Å². The Kier molecular flexibility index (Phi) is 1.58. The third-order valence-corrected chi connectivity index (χ3v) is 3.97. The number of amides is 2. The number of carbonyl (C=O) groups is 2. The molecule has 1 aliphatic carbocycles. The number of alkyl carbamates (subject to hydrolysis) is 1. The Morgan fingerprint density at radius 3 is 3.11 bits per heavy atom. The molecule has 4 rings (SSSR count). The van der Waals surface area contributed by atoms with Gasteiger partial charge in [-0.25, -0.2) is 4.79 Å². The molecule has 7 heteroatoms. The number of hydrogen-bond donors (Lipinski definition) is 3.